The molecule has 0 saturated carbocycles. The minimum atomic E-state index is -0.312. The quantitative estimate of drug-likeness (QED) is 0.395. The summed E-state index contributed by atoms with van der Waals surface area (Å²) in [5.41, 5.74) is 0.542. The Morgan fingerprint density at radius 3 is 2.43 bits per heavy atom. The molecule has 0 amide bonds. The van der Waals surface area contributed by atoms with Crippen molar-refractivity contribution in [1.82, 2.24) is 0 Å². The van der Waals surface area contributed by atoms with Crippen LogP contribution in [0.4, 0.5) is 0 Å². The van der Waals surface area contributed by atoms with Crippen LogP contribution in [-0.2, 0) is 14.3 Å². The predicted molar refractivity (Wildman–Crippen MR) is 83.6 cm³/mol. The predicted octanol–water partition coefficient (Wildman–Crippen LogP) is 3.69. The van der Waals surface area contributed by atoms with E-state index in [1.807, 2.05) is 12.1 Å². The SMILES string of the molecule is CCCCOC(=O)CCSc1ccc(C(=O)OCC)cc1. The fraction of sp³-hybridized carbons (Fsp3) is 0.500. The molecular weight excluding hydrogens is 288 g/mol. The minimum Gasteiger partial charge on any atom is -0.466 e. The number of carbonyl (C=O) groups is 2. The maximum absolute atomic E-state index is 11.5. The number of ether oxygens (including phenoxy) is 2. The first-order chi connectivity index (χ1) is 10.2. The first-order valence-corrected chi connectivity index (χ1v) is 8.21. The molecule has 4 nitrogen and oxygen atoms in total. The van der Waals surface area contributed by atoms with E-state index in [0.717, 1.165) is 17.7 Å². The molecular formula is C16H22O4S. The molecule has 0 N–H and O–H groups in total. The molecule has 0 spiro atoms. The Bertz CT molecular complexity index is 442. The zero-order valence-corrected chi connectivity index (χ0v) is 13.4. The molecule has 0 aliphatic rings. The Labute approximate surface area is 130 Å². The van der Waals surface area contributed by atoms with Gasteiger partial charge < -0.3 is 9.47 Å². The van der Waals surface area contributed by atoms with E-state index in [9.17, 15) is 9.59 Å². The Morgan fingerprint density at radius 2 is 1.81 bits per heavy atom. The van der Waals surface area contributed by atoms with Crippen LogP contribution in [0.2, 0.25) is 0 Å². The summed E-state index contributed by atoms with van der Waals surface area (Å²) < 4.78 is 10.0. The van der Waals surface area contributed by atoms with Gasteiger partial charge >= 0.3 is 11.9 Å². The van der Waals surface area contributed by atoms with Crippen LogP contribution in [0, 0.1) is 0 Å². The van der Waals surface area contributed by atoms with Crippen LogP contribution in [0.15, 0.2) is 29.2 Å². The van der Waals surface area contributed by atoms with Crippen molar-refractivity contribution in [3.63, 3.8) is 0 Å². The number of thioether (sulfide) groups is 1. The molecule has 0 aliphatic heterocycles. The van der Waals surface area contributed by atoms with Crippen molar-refractivity contribution in [2.75, 3.05) is 19.0 Å². The lowest BCUT2D eigenvalue weighted by Gasteiger charge is -2.05. The third kappa shape index (κ3) is 7.18. The van der Waals surface area contributed by atoms with Gasteiger partial charge in [-0.15, -0.1) is 11.8 Å². The highest BCUT2D eigenvalue weighted by Crippen LogP contribution is 2.19. The van der Waals surface area contributed by atoms with E-state index in [4.69, 9.17) is 9.47 Å². The molecule has 116 valence electrons. The molecule has 0 bridgehead atoms. The molecule has 5 heteroatoms. The zero-order valence-electron chi connectivity index (χ0n) is 12.6. The Hall–Kier alpha value is -1.49. The van der Waals surface area contributed by atoms with Gasteiger partial charge in [0.25, 0.3) is 0 Å². The first-order valence-electron chi connectivity index (χ1n) is 7.23. The molecule has 0 aliphatic carbocycles. The van der Waals surface area contributed by atoms with Gasteiger partial charge in [-0.1, -0.05) is 13.3 Å². The maximum Gasteiger partial charge on any atom is 0.338 e. The number of esters is 2. The number of hydrogen-bond donors (Lipinski definition) is 0. The largest absolute Gasteiger partial charge is 0.466 e. The highest BCUT2D eigenvalue weighted by Gasteiger charge is 2.07. The summed E-state index contributed by atoms with van der Waals surface area (Å²) in [5, 5.41) is 0. The lowest BCUT2D eigenvalue weighted by Crippen LogP contribution is -2.06. The van der Waals surface area contributed by atoms with Crippen molar-refractivity contribution in [3.8, 4) is 0 Å². The summed E-state index contributed by atoms with van der Waals surface area (Å²) in [6.07, 6.45) is 2.33. The molecule has 0 atom stereocenters. The van der Waals surface area contributed by atoms with Crippen molar-refractivity contribution in [2.24, 2.45) is 0 Å². The monoisotopic (exact) mass is 310 g/mol. The summed E-state index contributed by atoms with van der Waals surface area (Å²) >= 11 is 1.57. The number of hydrogen-bond acceptors (Lipinski definition) is 5. The van der Waals surface area contributed by atoms with Crippen molar-refractivity contribution in [1.29, 1.82) is 0 Å². The fourth-order valence-electron chi connectivity index (χ4n) is 1.56. The Balaban J connectivity index is 2.29. The van der Waals surface area contributed by atoms with Gasteiger partial charge in [0.2, 0.25) is 0 Å². The summed E-state index contributed by atoms with van der Waals surface area (Å²) in [6, 6.07) is 7.19. The normalized spacial score (nSPS) is 10.2. The van der Waals surface area contributed by atoms with E-state index in [0.29, 0.717) is 31.0 Å². The standard InChI is InChI=1S/C16H22O4S/c1-3-5-11-20-15(17)10-12-21-14-8-6-13(7-9-14)16(18)19-4-2/h6-9H,3-5,10-12H2,1-2H3. The molecule has 0 radical (unpaired) electrons. The number of benzene rings is 1. The van der Waals surface area contributed by atoms with Gasteiger partial charge in [-0.25, -0.2) is 4.79 Å². The van der Waals surface area contributed by atoms with Crippen molar-refractivity contribution in [2.45, 2.75) is 38.0 Å². The van der Waals surface area contributed by atoms with Gasteiger partial charge in [0.15, 0.2) is 0 Å². The molecule has 1 aromatic rings. The van der Waals surface area contributed by atoms with Crippen LogP contribution < -0.4 is 0 Å². The molecule has 1 rings (SSSR count). The van der Waals surface area contributed by atoms with Crippen molar-refractivity contribution < 1.29 is 19.1 Å². The molecule has 0 aromatic heterocycles. The van der Waals surface area contributed by atoms with Crippen LogP contribution in [-0.4, -0.2) is 30.9 Å². The zero-order chi connectivity index (χ0) is 15.5. The van der Waals surface area contributed by atoms with Gasteiger partial charge in [0.1, 0.15) is 0 Å². The number of carbonyl (C=O) groups excluding carboxylic acids is 2. The van der Waals surface area contributed by atoms with Crippen LogP contribution in [0.3, 0.4) is 0 Å². The fourth-order valence-corrected chi connectivity index (χ4v) is 2.39. The average molecular weight is 310 g/mol. The number of rotatable bonds is 9. The van der Waals surface area contributed by atoms with E-state index in [-0.39, 0.29) is 11.9 Å². The third-order valence-electron chi connectivity index (χ3n) is 2.70. The summed E-state index contributed by atoms with van der Waals surface area (Å²) in [5.74, 6) is 0.205. The topological polar surface area (TPSA) is 52.6 Å². The summed E-state index contributed by atoms with van der Waals surface area (Å²) in [4.78, 5) is 23.9. The second-order valence-corrected chi connectivity index (χ2v) is 5.59. The second kappa shape index (κ2) is 10.3. The van der Waals surface area contributed by atoms with Crippen LogP contribution in [0.25, 0.3) is 0 Å². The molecule has 21 heavy (non-hydrogen) atoms. The average Bonchev–Trinajstić information content (AvgIpc) is 2.48. The van der Waals surface area contributed by atoms with E-state index in [1.165, 1.54) is 0 Å². The van der Waals surface area contributed by atoms with E-state index in [1.54, 1.807) is 30.8 Å². The lowest BCUT2D eigenvalue weighted by atomic mass is 10.2. The maximum atomic E-state index is 11.5. The van der Waals surface area contributed by atoms with Gasteiger partial charge in [-0.3, -0.25) is 4.79 Å². The van der Waals surface area contributed by atoms with E-state index < -0.39 is 0 Å². The first kappa shape index (κ1) is 17.6. The molecule has 0 saturated heterocycles. The molecule has 1 aromatic carbocycles. The van der Waals surface area contributed by atoms with E-state index in [2.05, 4.69) is 6.92 Å². The van der Waals surface area contributed by atoms with Crippen molar-refractivity contribution >= 4 is 23.7 Å². The Morgan fingerprint density at radius 1 is 1.10 bits per heavy atom. The molecule has 0 unspecified atom stereocenters. The summed E-state index contributed by atoms with van der Waals surface area (Å²) in [6.45, 7) is 4.72. The van der Waals surface area contributed by atoms with Gasteiger partial charge in [0, 0.05) is 10.6 Å². The minimum absolute atomic E-state index is 0.154. The molecule has 0 fully saturated rings. The van der Waals surface area contributed by atoms with Gasteiger partial charge in [-0.2, -0.15) is 0 Å². The Kier molecular flexibility index (Phi) is 8.59. The highest BCUT2D eigenvalue weighted by atomic mass is 32.2. The van der Waals surface area contributed by atoms with Gasteiger partial charge in [-0.05, 0) is 37.6 Å². The van der Waals surface area contributed by atoms with Crippen LogP contribution >= 0.6 is 11.8 Å². The highest BCUT2D eigenvalue weighted by molar-refractivity contribution is 7.99. The smallest absolute Gasteiger partial charge is 0.338 e. The molecule has 0 heterocycles. The second-order valence-electron chi connectivity index (χ2n) is 4.42. The van der Waals surface area contributed by atoms with Crippen molar-refractivity contribution in [3.05, 3.63) is 29.8 Å². The lowest BCUT2D eigenvalue weighted by molar-refractivity contribution is -0.143. The summed E-state index contributed by atoms with van der Waals surface area (Å²) in [7, 11) is 0. The van der Waals surface area contributed by atoms with Gasteiger partial charge in [0.05, 0.1) is 25.2 Å². The van der Waals surface area contributed by atoms with Crippen LogP contribution in [0.1, 0.15) is 43.5 Å². The third-order valence-corrected chi connectivity index (χ3v) is 3.72. The van der Waals surface area contributed by atoms with E-state index >= 15 is 0 Å². The van der Waals surface area contributed by atoms with Crippen LogP contribution in [0.5, 0.6) is 0 Å². The number of unbranched alkanes of at least 4 members (excludes halogenated alkanes) is 1.